The number of rotatable bonds is 10. The third-order valence-corrected chi connectivity index (χ3v) is 6.05. The second kappa shape index (κ2) is 8.10. The third kappa shape index (κ3) is 5.23. The van der Waals surface area contributed by atoms with Crippen molar-refractivity contribution in [2.24, 2.45) is 17.1 Å². The van der Waals surface area contributed by atoms with Crippen molar-refractivity contribution >= 4 is 15.9 Å². The standard InChI is InChI=1S/C14H29N3O3S/c1-3-14(4-2,11-15)13(18)16-8-9-21(19,20)17-10-12-6-5-7-12/h12,17H,3-11,15H2,1-2H3,(H,16,18). The summed E-state index contributed by atoms with van der Waals surface area (Å²) in [7, 11) is -3.31. The maximum atomic E-state index is 12.2. The van der Waals surface area contributed by atoms with Gasteiger partial charge in [0.25, 0.3) is 0 Å². The van der Waals surface area contributed by atoms with Crippen molar-refractivity contribution in [1.29, 1.82) is 0 Å². The molecule has 0 aromatic carbocycles. The minimum absolute atomic E-state index is 0.0838. The van der Waals surface area contributed by atoms with E-state index >= 15 is 0 Å². The average Bonchev–Trinajstić information content (AvgIpc) is 2.39. The van der Waals surface area contributed by atoms with Crippen molar-refractivity contribution in [3.63, 3.8) is 0 Å². The highest BCUT2D eigenvalue weighted by molar-refractivity contribution is 7.89. The monoisotopic (exact) mass is 319 g/mol. The molecular formula is C14H29N3O3S. The fraction of sp³-hybridized carbons (Fsp3) is 0.929. The molecule has 1 saturated carbocycles. The van der Waals surface area contributed by atoms with Crippen LogP contribution in [0.3, 0.4) is 0 Å². The minimum atomic E-state index is -3.31. The Labute approximate surface area is 128 Å². The summed E-state index contributed by atoms with van der Waals surface area (Å²) in [5.74, 6) is 0.253. The average molecular weight is 319 g/mol. The summed E-state index contributed by atoms with van der Waals surface area (Å²) in [4.78, 5) is 12.2. The summed E-state index contributed by atoms with van der Waals surface area (Å²) in [5, 5.41) is 2.71. The van der Waals surface area contributed by atoms with Gasteiger partial charge in [0.05, 0.1) is 11.2 Å². The predicted octanol–water partition coefficient (Wildman–Crippen LogP) is 0.587. The van der Waals surface area contributed by atoms with E-state index in [0.29, 0.717) is 25.3 Å². The highest BCUT2D eigenvalue weighted by Crippen LogP contribution is 2.25. The van der Waals surface area contributed by atoms with Crippen molar-refractivity contribution in [3.05, 3.63) is 0 Å². The summed E-state index contributed by atoms with van der Waals surface area (Å²) in [6.07, 6.45) is 4.70. The molecule has 124 valence electrons. The van der Waals surface area contributed by atoms with Crippen LogP contribution in [0.2, 0.25) is 0 Å². The maximum Gasteiger partial charge on any atom is 0.227 e. The lowest BCUT2D eigenvalue weighted by atomic mass is 9.81. The number of nitrogens with two attached hydrogens (primary N) is 1. The molecule has 4 N–H and O–H groups in total. The molecule has 0 aromatic heterocycles. The van der Waals surface area contributed by atoms with Crippen molar-refractivity contribution in [3.8, 4) is 0 Å². The van der Waals surface area contributed by atoms with Crippen LogP contribution < -0.4 is 15.8 Å². The molecule has 0 spiro atoms. The van der Waals surface area contributed by atoms with Gasteiger partial charge < -0.3 is 11.1 Å². The zero-order chi connectivity index (χ0) is 15.9. The van der Waals surface area contributed by atoms with E-state index in [9.17, 15) is 13.2 Å². The second-order valence-corrected chi connectivity index (χ2v) is 7.84. The normalized spacial score (nSPS) is 16.5. The molecule has 0 atom stereocenters. The Morgan fingerprint density at radius 2 is 1.90 bits per heavy atom. The molecular weight excluding hydrogens is 290 g/mol. The largest absolute Gasteiger partial charge is 0.355 e. The molecule has 0 radical (unpaired) electrons. The van der Waals surface area contributed by atoms with Crippen molar-refractivity contribution in [1.82, 2.24) is 10.0 Å². The zero-order valence-electron chi connectivity index (χ0n) is 13.2. The second-order valence-electron chi connectivity index (χ2n) is 5.91. The van der Waals surface area contributed by atoms with Gasteiger partial charge >= 0.3 is 0 Å². The zero-order valence-corrected chi connectivity index (χ0v) is 14.0. The smallest absolute Gasteiger partial charge is 0.227 e. The van der Waals surface area contributed by atoms with Gasteiger partial charge in [-0.1, -0.05) is 20.3 Å². The Kier molecular flexibility index (Phi) is 7.09. The molecule has 0 saturated heterocycles. The predicted molar refractivity (Wildman–Crippen MR) is 84.2 cm³/mol. The summed E-state index contributed by atoms with van der Waals surface area (Å²) in [6.45, 7) is 4.77. The van der Waals surface area contributed by atoms with Gasteiger partial charge in [-0.3, -0.25) is 4.79 Å². The van der Waals surface area contributed by atoms with E-state index in [-0.39, 0.29) is 24.7 Å². The molecule has 6 nitrogen and oxygen atoms in total. The summed E-state index contributed by atoms with van der Waals surface area (Å²) < 4.78 is 26.3. The highest BCUT2D eigenvalue weighted by atomic mass is 32.2. The van der Waals surface area contributed by atoms with Crippen LogP contribution in [0.15, 0.2) is 0 Å². The highest BCUT2D eigenvalue weighted by Gasteiger charge is 2.33. The van der Waals surface area contributed by atoms with Crippen LogP contribution in [0.5, 0.6) is 0 Å². The summed E-state index contributed by atoms with van der Waals surface area (Å²) in [5.41, 5.74) is 5.12. The van der Waals surface area contributed by atoms with E-state index in [1.807, 2.05) is 13.8 Å². The number of hydrogen-bond donors (Lipinski definition) is 3. The molecule has 21 heavy (non-hydrogen) atoms. The van der Waals surface area contributed by atoms with E-state index in [1.54, 1.807) is 0 Å². The Balaban J connectivity index is 2.35. The van der Waals surface area contributed by atoms with E-state index in [1.165, 1.54) is 6.42 Å². The Morgan fingerprint density at radius 1 is 1.29 bits per heavy atom. The molecule has 0 unspecified atom stereocenters. The van der Waals surface area contributed by atoms with Crippen molar-refractivity contribution in [2.75, 3.05) is 25.4 Å². The SMILES string of the molecule is CCC(CC)(CN)C(=O)NCCS(=O)(=O)NCC1CCC1. The van der Waals surface area contributed by atoms with Gasteiger partial charge in [0.15, 0.2) is 0 Å². The van der Waals surface area contributed by atoms with E-state index in [4.69, 9.17) is 5.73 Å². The van der Waals surface area contributed by atoms with Crippen LogP contribution in [-0.4, -0.2) is 39.7 Å². The molecule has 1 fully saturated rings. The number of carbonyl (C=O) groups excluding carboxylic acids is 1. The Hall–Kier alpha value is -0.660. The number of carbonyl (C=O) groups is 1. The lowest BCUT2D eigenvalue weighted by molar-refractivity contribution is -0.130. The fourth-order valence-electron chi connectivity index (χ4n) is 2.45. The number of hydrogen-bond acceptors (Lipinski definition) is 4. The molecule has 0 heterocycles. The Morgan fingerprint density at radius 3 is 2.33 bits per heavy atom. The molecule has 1 rings (SSSR count). The van der Waals surface area contributed by atoms with Gasteiger partial charge in [-0.25, -0.2) is 13.1 Å². The van der Waals surface area contributed by atoms with Crippen LogP contribution in [0.4, 0.5) is 0 Å². The quantitative estimate of drug-likeness (QED) is 0.548. The first-order valence-corrected chi connectivity index (χ1v) is 9.50. The lowest BCUT2D eigenvalue weighted by Crippen LogP contribution is -2.47. The number of nitrogens with one attached hydrogen (secondary N) is 2. The molecule has 1 aliphatic carbocycles. The first kappa shape index (κ1) is 18.4. The van der Waals surface area contributed by atoms with Crippen molar-refractivity contribution < 1.29 is 13.2 Å². The van der Waals surface area contributed by atoms with Crippen molar-refractivity contribution in [2.45, 2.75) is 46.0 Å². The lowest BCUT2D eigenvalue weighted by Gasteiger charge is -2.28. The molecule has 7 heteroatoms. The third-order valence-electron chi connectivity index (χ3n) is 4.70. The first-order valence-electron chi connectivity index (χ1n) is 7.85. The van der Waals surface area contributed by atoms with Crippen LogP contribution in [0.25, 0.3) is 0 Å². The maximum absolute atomic E-state index is 12.2. The van der Waals surface area contributed by atoms with Crippen LogP contribution in [0, 0.1) is 11.3 Å². The fourth-order valence-corrected chi connectivity index (χ4v) is 3.46. The molecule has 0 bridgehead atoms. The summed E-state index contributed by atoms with van der Waals surface area (Å²) in [6, 6.07) is 0. The topological polar surface area (TPSA) is 101 Å². The van der Waals surface area contributed by atoms with Crippen LogP contribution in [0.1, 0.15) is 46.0 Å². The van der Waals surface area contributed by atoms with E-state index < -0.39 is 15.4 Å². The number of amides is 1. The first-order chi connectivity index (χ1) is 9.89. The molecule has 0 aliphatic heterocycles. The molecule has 0 aromatic rings. The van der Waals surface area contributed by atoms with E-state index in [0.717, 1.165) is 12.8 Å². The number of sulfonamides is 1. The Bertz CT molecular complexity index is 420. The van der Waals surface area contributed by atoms with E-state index in [2.05, 4.69) is 10.0 Å². The van der Waals surface area contributed by atoms with Gasteiger partial charge in [0.1, 0.15) is 0 Å². The summed E-state index contributed by atoms with van der Waals surface area (Å²) >= 11 is 0. The van der Waals surface area contributed by atoms with Gasteiger partial charge in [-0.15, -0.1) is 0 Å². The van der Waals surface area contributed by atoms with Crippen LogP contribution in [-0.2, 0) is 14.8 Å². The van der Waals surface area contributed by atoms with Gasteiger partial charge in [0, 0.05) is 19.6 Å². The van der Waals surface area contributed by atoms with Gasteiger partial charge in [-0.05, 0) is 31.6 Å². The molecule has 1 aliphatic rings. The van der Waals surface area contributed by atoms with Gasteiger partial charge in [0.2, 0.25) is 15.9 Å². The van der Waals surface area contributed by atoms with Gasteiger partial charge in [-0.2, -0.15) is 0 Å². The van der Waals surface area contributed by atoms with Crippen LogP contribution >= 0.6 is 0 Å². The molecule has 1 amide bonds. The minimum Gasteiger partial charge on any atom is -0.355 e.